The van der Waals surface area contributed by atoms with Crippen LogP contribution in [0, 0.1) is 5.82 Å². The Balaban J connectivity index is 1.60. The predicted molar refractivity (Wildman–Crippen MR) is 155 cm³/mol. The number of anilines is 2. The number of likely N-dealkylation sites (N-methyl/N-ethyl adjacent to an activating group) is 1. The van der Waals surface area contributed by atoms with Crippen LogP contribution in [0.25, 0.3) is 33.3 Å². The number of carbonyl (C=O) groups is 1. The lowest BCUT2D eigenvalue weighted by Crippen LogP contribution is -2.46. The molecule has 212 valence electrons. The maximum Gasteiger partial charge on any atom is 0.341 e. The SMILES string of the molecule is CNc1cc(F)cc2c1Cc1ncc(-c3cnc4c(c3)c(=O)c(C(=O)O)cn4C)c(N3CCO[C@H](CN(C)C)C3)c1-2. The number of morpholine rings is 1. The van der Waals surface area contributed by atoms with E-state index in [1.54, 1.807) is 38.6 Å². The fourth-order valence-electron chi connectivity index (χ4n) is 6.04. The number of carboxylic acid groups (broad SMARTS) is 1. The molecule has 2 N–H and O–H groups in total. The molecule has 2 aliphatic rings. The summed E-state index contributed by atoms with van der Waals surface area (Å²) in [7, 11) is 7.44. The van der Waals surface area contributed by atoms with Gasteiger partial charge in [-0.1, -0.05) is 0 Å². The van der Waals surface area contributed by atoms with Crippen LogP contribution >= 0.6 is 0 Å². The van der Waals surface area contributed by atoms with Crippen LogP contribution in [-0.4, -0.2) is 84.0 Å². The summed E-state index contributed by atoms with van der Waals surface area (Å²) in [6.45, 7) is 2.48. The molecule has 0 radical (unpaired) electrons. The van der Waals surface area contributed by atoms with Crippen molar-refractivity contribution in [2.75, 3.05) is 57.6 Å². The molecule has 1 aliphatic carbocycles. The summed E-state index contributed by atoms with van der Waals surface area (Å²) in [5.74, 6) is -1.64. The largest absolute Gasteiger partial charge is 0.477 e. The van der Waals surface area contributed by atoms with E-state index in [-0.39, 0.29) is 22.9 Å². The first-order chi connectivity index (χ1) is 19.7. The third-order valence-electron chi connectivity index (χ3n) is 7.81. The summed E-state index contributed by atoms with van der Waals surface area (Å²) in [6.07, 6.45) is 5.24. The van der Waals surface area contributed by atoms with Crippen LogP contribution in [0.2, 0.25) is 0 Å². The highest BCUT2D eigenvalue weighted by molar-refractivity contribution is 5.98. The third-order valence-corrected chi connectivity index (χ3v) is 7.81. The van der Waals surface area contributed by atoms with Crippen molar-refractivity contribution in [2.24, 2.45) is 7.05 Å². The van der Waals surface area contributed by atoms with Crippen molar-refractivity contribution in [3.63, 3.8) is 0 Å². The lowest BCUT2D eigenvalue weighted by Gasteiger charge is -2.37. The minimum absolute atomic E-state index is 0.0446. The van der Waals surface area contributed by atoms with Gasteiger partial charge in [-0.2, -0.15) is 0 Å². The number of aromatic carboxylic acids is 1. The number of nitrogens with zero attached hydrogens (tertiary/aromatic N) is 5. The molecule has 4 aromatic rings. The van der Waals surface area contributed by atoms with Gasteiger partial charge in [0.15, 0.2) is 0 Å². The highest BCUT2D eigenvalue weighted by Crippen LogP contribution is 2.49. The smallest absolute Gasteiger partial charge is 0.341 e. The number of halogens is 1. The second-order valence-corrected chi connectivity index (χ2v) is 10.8. The van der Waals surface area contributed by atoms with Gasteiger partial charge in [-0.15, -0.1) is 0 Å². The molecule has 0 saturated carbocycles. The number of nitrogens with one attached hydrogen (secondary N) is 1. The Kier molecular flexibility index (Phi) is 6.71. The van der Waals surface area contributed by atoms with Crippen LogP contribution in [0.3, 0.4) is 0 Å². The van der Waals surface area contributed by atoms with Crippen molar-refractivity contribution in [1.29, 1.82) is 0 Å². The first kappa shape index (κ1) is 26.9. The molecule has 3 aromatic heterocycles. The number of hydrogen-bond acceptors (Lipinski definition) is 8. The topological polar surface area (TPSA) is 113 Å². The van der Waals surface area contributed by atoms with E-state index in [1.807, 2.05) is 14.1 Å². The zero-order chi connectivity index (χ0) is 29.0. The van der Waals surface area contributed by atoms with Crippen LogP contribution in [0.15, 0.2) is 41.6 Å². The molecule has 0 unspecified atom stereocenters. The van der Waals surface area contributed by atoms with E-state index in [4.69, 9.17) is 9.72 Å². The summed E-state index contributed by atoms with van der Waals surface area (Å²) in [4.78, 5) is 38.6. The predicted octanol–water partition coefficient (Wildman–Crippen LogP) is 3.21. The monoisotopic (exact) mass is 558 g/mol. The Labute approximate surface area is 236 Å². The van der Waals surface area contributed by atoms with E-state index in [1.165, 1.54) is 16.8 Å². The lowest BCUT2D eigenvalue weighted by molar-refractivity contribution is 0.0248. The van der Waals surface area contributed by atoms with Gasteiger partial charge in [0.2, 0.25) is 5.43 Å². The first-order valence-corrected chi connectivity index (χ1v) is 13.4. The first-order valence-electron chi connectivity index (χ1n) is 13.4. The van der Waals surface area contributed by atoms with Gasteiger partial charge in [-0.05, 0) is 43.4 Å². The highest BCUT2D eigenvalue weighted by Gasteiger charge is 2.33. The van der Waals surface area contributed by atoms with Crippen LogP contribution < -0.4 is 15.6 Å². The number of aromatic nitrogens is 3. The molecule has 0 bridgehead atoms. The van der Waals surface area contributed by atoms with Gasteiger partial charge in [0.1, 0.15) is 17.0 Å². The van der Waals surface area contributed by atoms with E-state index in [9.17, 15) is 19.1 Å². The average Bonchev–Trinajstić information content (AvgIpc) is 3.32. The fraction of sp³-hybridized carbons (Fsp3) is 0.333. The minimum Gasteiger partial charge on any atom is -0.477 e. The fourth-order valence-corrected chi connectivity index (χ4v) is 6.04. The van der Waals surface area contributed by atoms with Gasteiger partial charge < -0.3 is 29.5 Å². The van der Waals surface area contributed by atoms with Crippen molar-refractivity contribution in [1.82, 2.24) is 19.4 Å². The van der Waals surface area contributed by atoms with Crippen LogP contribution in [0.1, 0.15) is 21.6 Å². The number of pyridine rings is 3. The number of carboxylic acids is 1. The molecule has 1 fully saturated rings. The van der Waals surface area contributed by atoms with Crippen molar-refractivity contribution < 1.29 is 19.0 Å². The molecule has 6 rings (SSSR count). The molecule has 1 atom stereocenters. The quantitative estimate of drug-likeness (QED) is 0.324. The van der Waals surface area contributed by atoms with E-state index in [0.29, 0.717) is 37.3 Å². The molecule has 1 saturated heterocycles. The van der Waals surface area contributed by atoms with Gasteiger partial charge in [-0.3, -0.25) is 9.78 Å². The molecule has 11 heteroatoms. The van der Waals surface area contributed by atoms with Crippen molar-refractivity contribution in [2.45, 2.75) is 12.5 Å². The Morgan fingerprint density at radius 2 is 2.02 bits per heavy atom. The molecule has 0 spiro atoms. The second-order valence-electron chi connectivity index (χ2n) is 10.8. The Morgan fingerprint density at radius 3 is 2.76 bits per heavy atom. The molecule has 0 amide bonds. The van der Waals surface area contributed by atoms with Crippen molar-refractivity contribution >= 4 is 28.4 Å². The van der Waals surface area contributed by atoms with Crippen LogP contribution in [0.5, 0.6) is 0 Å². The molecular weight excluding hydrogens is 527 g/mol. The summed E-state index contributed by atoms with van der Waals surface area (Å²) in [5, 5.41) is 12.9. The summed E-state index contributed by atoms with van der Waals surface area (Å²) in [5.41, 5.74) is 5.85. The third kappa shape index (κ3) is 4.60. The maximum atomic E-state index is 14.9. The van der Waals surface area contributed by atoms with E-state index in [2.05, 4.69) is 20.1 Å². The number of ether oxygens (including phenoxy) is 1. The zero-order valence-corrected chi connectivity index (χ0v) is 23.4. The number of aryl methyl sites for hydroxylation is 1. The molecule has 1 aromatic carbocycles. The van der Waals surface area contributed by atoms with Gasteiger partial charge in [0.25, 0.3) is 0 Å². The van der Waals surface area contributed by atoms with Gasteiger partial charge in [0, 0.05) is 81.1 Å². The summed E-state index contributed by atoms with van der Waals surface area (Å²) < 4.78 is 22.5. The molecule has 10 nitrogen and oxygen atoms in total. The molecule has 41 heavy (non-hydrogen) atoms. The second kappa shape index (κ2) is 10.2. The summed E-state index contributed by atoms with van der Waals surface area (Å²) in [6, 6.07) is 4.74. The van der Waals surface area contributed by atoms with E-state index in [0.717, 1.165) is 45.9 Å². The van der Waals surface area contributed by atoms with Gasteiger partial charge >= 0.3 is 5.97 Å². The standard InChI is InChI=1S/C30H31FN6O4/c1-32-24-9-17(31)8-20-19(24)10-25-26(20)27(37-5-6-41-18(14-37)13-35(2)3)22(12-33-25)16-7-21-28(38)23(30(39)40)15-36(4)29(21)34-11-16/h7-9,11-12,15,18,32H,5-6,10,13-14H2,1-4H3,(H,39,40)/t18-/m1/s1. The number of benzene rings is 1. The number of fused-ring (bicyclic) bond motifs is 4. The van der Waals surface area contributed by atoms with Crippen LogP contribution in [0.4, 0.5) is 15.8 Å². The zero-order valence-electron chi connectivity index (χ0n) is 23.4. The number of hydrogen-bond donors (Lipinski definition) is 2. The Hall–Kier alpha value is -4.35. The lowest BCUT2D eigenvalue weighted by atomic mass is 9.97. The maximum absolute atomic E-state index is 14.9. The van der Waals surface area contributed by atoms with Crippen molar-refractivity contribution in [3.8, 4) is 22.3 Å². The van der Waals surface area contributed by atoms with E-state index < -0.39 is 11.4 Å². The molecule has 4 heterocycles. The highest BCUT2D eigenvalue weighted by atomic mass is 19.1. The van der Waals surface area contributed by atoms with E-state index >= 15 is 0 Å². The molecular formula is C30H31FN6O4. The van der Waals surface area contributed by atoms with Crippen molar-refractivity contribution in [3.05, 3.63) is 69.7 Å². The van der Waals surface area contributed by atoms with Gasteiger partial charge in [-0.25, -0.2) is 14.2 Å². The number of rotatable bonds is 6. The van der Waals surface area contributed by atoms with Crippen LogP contribution in [-0.2, 0) is 18.2 Å². The molecule has 1 aliphatic heterocycles. The minimum atomic E-state index is -1.29. The summed E-state index contributed by atoms with van der Waals surface area (Å²) >= 11 is 0. The Morgan fingerprint density at radius 1 is 1.22 bits per heavy atom. The average molecular weight is 559 g/mol. The normalized spacial score (nSPS) is 16.2. The Bertz CT molecular complexity index is 1770. The van der Waals surface area contributed by atoms with Gasteiger partial charge in [0.05, 0.1) is 29.5 Å².